The third-order valence-electron chi connectivity index (χ3n) is 3.86. The summed E-state index contributed by atoms with van der Waals surface area (Å²) in [7, 11) is 5.14. The van der Waals surface area contributed by atoms with E-state index < -0.39 is 0 Å². The van der Waals surface area contributed by atoms with Gasteiger partial charge >= 0.3 is 0 Å². The number of nitrogens with zero attached hydrogens (tertiary/aromatic N) is 2. The molecule has 0 fully saturated rings. The van der Waals surface area contributed by atoms with Gasteiger partial charge in [0.25, 0.3) is 0 Å². The van der Waals surface area contributed by atoms with Crippen LogP contribution in [0.1, 0.15) is 6.42 Å². The van der Waals surface area contributed by atoms with E-state index in [0.29, 0.717) is 17.0 Å². The second-order valence-corrected chi connectivity index (χ2v) is 7.65. The number of ether oxygens (including phenoxy) is 2. The Morgan fingerprint density at radius 2 is 1.81 bits per heavy atom. The number of carbonyl (C=O) groups excluding carboxylic acids is 1. The van der Waals surface area contributed by atoms with Gasteiger partial charge in [0.1, 0.15) is 21.7 Å². The largest absolute Gasteiger partial charge is 0.495 e. The molecule has 0 bridgehead atoms. The lowest BCUT2D eigenvalue weighted by Gasteiger charge is -2.06. The van der Waals surface area contributed by atoms with Crippen molar-refractivity contribution in [2.24, 2.45) is 12.0 Å². The Morgan fingerprint density at radius 1 is 1.12 bits per heavy atom. The number of thiazole rings is 1. The van der Waals surface area contributed by atoms with Crippen molar-refractivity contribution in [2.75, 3.05) is 20.0 Å². The van der Waals surface area contributed by atoms with E-state index in [-0.39, 0.29) is 5.91 Å². The van der Waals surface area contributed by atoms with Crippen molar-refractivity contribution in [3.63, 3.8) is 0 Å². The molecule has 0 radical (unpaired) electrons. The molecule has 136 valence electrons. The first-order valence-corrected chi connectivity index (χ1v) is 9.90. The van der Waals surface area contributed by atoms with Gasteiger partial charge in [0, 0.05) is 24.1 Å². The molecule has 5 nitrogen and oxygen atoms in total. The molecule has 3 rings (SSSR count). The van der Waals surface area contributed by atoms with Crippen molar-refractivity contribution in [3.8, 4) is 11.5 Å². The van der Waals surface area contributed by atoms with Gasteiger partial charge in [-0.1, -0.05) is 29.5 Å². The number of fused-ring (bicyclic) bond motifs is 1. The van der Waals surface area contributed by atoms with Gasteiger partial charge in [0.15, 0.2) is 4.80 Å². The van der Waals surface area contributed by atoms with Crippen molar-refractivity contribution in [2.45, 2.75) is 11.3 Å². The molecule has 0 aliphatic carbocycles. The second kappa shape index (κ2) is 8.42. The van der Waals surface area contributed by atoms with Gasteiger partial charge in [-0.05, 0) is 24.3 Å². The number of methoxy groups -OCH3 is 2. The van der Waals surface area contributed by atoms with Crippen LogP contribution in [-0.2, 0) is 11.8 Å². The van der Waals surface area contributed by atoms with Crippen LogP contribution in [0.15, 0.2) is 52.4 Å². The molecule has 0 spiro atoms. The van der Waals surface area contributed by atoms with Gasteiger partial charge in [-0.2, -0.15) is 4.99 Å². The smallest absolute Gasteiger partial charge is 0.249 e. The van der Waals surface area contributed by atoms with Crippen LogP contribution in [0.2, 0.25) is 0 Å². The quantitative estimate of drug-likeness (QED) is 0.602. The molecular formula is C19H20N2O3S2. The van der Waals surface area contributed by atoms with Crippen LogP contribution >= 0.6 is 23.1 Å². The van der Waals surface area contributed by atoms with Crippen LogP contribution in [-0.4, -0.2) is 30.4 Å². The van der Waals surface area contributed by atoms with E-state index in [1.165, 1.54) is 11.3 Å². The summed E-state index contributed by atoms with van der Waals surface area (Å²) in [4.78, 5) is 18.4. The normalized spacial score (nSPS) is 11.7. The van der Waals surface area contributed by atoms with E-state index in [2.05, 4.69) is 4.99 Å². The van der Waals surface area contributed by atoms with Crippen LogP contribution in [0.5, 0.6) is 11.5 Å². The van der Waals surface area contributed by atoms with Crippen LogP contribution in [0.3, 0.4) is 0 Å². The summed E-state index contributed by atoms with van der Waals surface area (Å²) in [5.74, 6) is 2.05. The molecule has 2 aromatic carbocycles. The molecule has 1 amide bonds. The molecule has 0 aliphatic heterocycles. The maximum atomic E-state index is 12.3. The van der Waals surface area contributed by atoms with E-state index in [1.54, 1.807) is 26.0 Å². The minimum absolute atomic E-state index is 0.131. The van der Waals surface area contributed by atoms with Gasteiger partial charge in [0.05, 0.1) is 14.2 Å². The monoisotopic (exact) mass is 388 g/mol. The van der Waals surface area contributed by atoms with Crippen molar-refractivity contribution in [1.29, 1.82) is 0 Å². The van der Waals surface area contributed by atoms with E-state index in [0.717, 1.165) is 26.6 Å². The maximum Gasteiger partial charge on any atom is 0.249 e. The molecule has 0 atom stereocenters. The van der Waals surface area contributed by atoms with Gasteiger partial charge in [-0.25, -0.2) is 0 Å². The number of hydrogen-bond acceptors (Lipinski definition) is 5. The molecule has 26 heavy (non-hydrogen) atoms. The zero-order valence-corrected chi connectivity index (χ0v) is 16.5. The zero-order chi connectivity index (χ0) is 18.5. The number of amides is 1. The highest BCUT2D eigenvalue weighted by atomic mass is 32.2. The Kier molecular flexibility index (Phi) is 6.00. The molecule has 0 unspecified atom stereocenters. The van der Waals surface area contributed by atoms with Gasteiger partial charge < -0.3 is 14.0 Å². The Balaban J connectivity index is 1.82. The molecule has 0 saturated carbocycles. The fourth-order valence-corrected chi connectivity index (χ4v) is 4.57. The fraction of sp³-hybridized carbons (Fsp3) is 0.263. The molecule has 1 aromatic heterocycles. The van der Waals surface area contributed by atoms with E-state index in [9.17, 15) is 4.79 Å². The van der Waals surface area contributed by atoms with Crippen molar-refractivity contribution < 1.29 is 14.3 Å². The summed E-state index contributed by atoms with van der Waals surface area (Å²) in [6.07, 6.45) is 0.391. The number of benzene rings is 2. The highest BCUT2D eigenvalue weighted by Crippen LogP contribution is 2.34. The van der Waals surface area contributed by atoms with Crippen LogP contribution in [0.4, 0.5) is 0 Å². The summed E-state index contributed by atoms with van der Waals surface area (Å²) < 4.78 is 13.7. The number of aromatic nitrogens is 1. The Morgan fingerprint density at radius 3 is 2.50 bits per heavy atom. The molecule has 1 heterocycles. The first kappa shape index (κ1) is 18.5. The van der Waals surface area contributed by atoms with Crippen molar-refractivity contribution in [1.82, 2.24) is 4.57 Å². The van der Waals surface area contributed by atoms with Gasteiger partial charge in [0.2, 0.25) is 5.91 Å². The first-order chi connectivity index (χ1) is 12.6. The zero-order valence-electron chi connectivity index (χ0n) is 14.9. The molecule has 0 N–H and O–H groups in total. The average molecular weight is 389 g/mol. The molecule has 0 aliphatic rings. The summed E-state index contributed by atoms with van der Waals surface area (Å²) in [5, 5.41) is 0. The predicted octanol–water partition coefficient (Wildman–Crippen LogP) is 3.87. The topological polar surface area (TPSA) is 52.8 Å². The minimum atomic E-state index is -0.131. The van der Waals surface area contributed by atoms with E-state index in [1.807, 2.05) is 54.1 Å². The molecule has 0 saturated heterocycles. The number of aryl methyl sites for hydroxylation is 1. The minimum Gasteiger partial charge on any atom is -0.495 e. The third-order valence-corrected chi connectivity index (χ3v) is 6.02. The summed E-state index contributed by atoms with van der Waals surface area (Å²) in [5.41, 5.74) is 0.877. The van der Waals surface area contributed by atoms with Crippen molar-refractivity contribution >= 4 is 39.2 Å². The number of rotatable bonds is 6. The average Bonchev–Trinajstić information content (AvgIpc) is 2.98. The van der Waals surface area contributed by atoms with E-state index in [4.69, 9.17) is 9.47 Å². The second-order valence-electron chi connectivity index (χ2n) is 5.51. The Labute approximate surface area is 160 Å². The fourth-order valence-electron chi connectivity index (χ4n) is 2.56. The summed E-state index contributed by atoms with van der Waals surface area (Å²) in [6, 6.07) is 13.8. The highest BCUT2D eigenvalue weighted by molar-refractivity contribution is 7.99. The molecule has 3 aromatic rings. The van der Waals surface area contributed by atoms with E-state index >= 15 is 0 Å². The lowest BCUT2D eigenvalue weighted by molar-refractivity contribution is -0.117. The molecule has 7 heteroatoms. The van der Waals surface area contributed by atoms with Crippen LogP contribution < -0.4 is 14.3 Å². The highest BCUT2D eigenvalue weighted by Gasteiger charge is 2.14. The number of hydrogen-bond donors (Lipinski definition) is 0. The maximum absolute atomic E-state index is 12.3. The Bertz CT molecular complexity index is 978. The van der Waals surface area contributed by atoms with Gasteiger partial charge in [-0.3, -0.25) is 4.79 Å². The third kappa shape index (κ3) is 3.94. The van der Waals surface area contributed by atoms with Gasteiger partial charge in [-0.15, -0.1) is 11.8 Å². The summed E-state index contributed by atoms with van der Waals surface area (Å²) >= 11 is 3.08. The number of thioether (sulfide) groups is 1. The van der Waals surface area contributed by atoms with Crippen LogP contribution in [0, 0.1) is 0 Å². The summed E-state index contributed by atoms with van der Waals surface area (Å²) in [6.45, 7) is 0. The lowest BCUT2D eigenvalue weighted by atomic mass is 10.3. The predicted molar refractivity (Wildman–Crippen MR) is 106 cm³/mol. The Hall–Kier alpha value is -2.25. The van der Waals surface area contributed by atoms with Crippen LogP contribution in [0.25, 0.3) is 10.2 Å². The molecular weight excluding hydrogens is 368 g/mol. The number of carbonyl (C=O) groups is 1. The first-order valence-electron chi connectivity index (χ1n) is 8.10. The lowest BCUT2D eigenvalue weighted by Crippen LogP contribution is -2.13. The SMILES string of the molecule is COc1ccc(OC)c2c1sc(=NC(=O)CCSc1ccccc1)n2C. The standard InChI is InChI=1S/C19H20N2O3S2/c1-21-17-14(23-2)9-10-15(24-3)18(17)26-19(21)20-16(22)11-12-25-13-7-5-4-6-8-13/h4-10H,11-12H2,1-3H3. The van der Waals surface area contributed by atoms with Crippen molar-refractivity contribution in [3.05, 3.63) is 47.3 Å².